The number of aliphatic hydroxyl groups is 1. The SMILES string of the molecule is CCCCCCCCCCCCCCCCCCC(C)(OC(C)=O)C(C)O.N. The van der Waals surface area contributed by atoms with Crippen molar-refractivity contribution >= 4 is 5.97 Å². The molecule has 0 rings (SSSR count). The highest BCUT2D eigenvalue weighted by Crippen LogP contribution is 2.24. The summed E-state index contributed by atoms with van der Waals surface area (Å²) in [5.74, 6) is -0.310. The molecule has 2 unspecified atom stereocenters. The Bertz CT molecular complexity index is 347. The molecule has 0 heterocycles. The summed E-state index contributed by atoms with van der Waals surface area (Å²) in [6.45, 7) is 7.23. The number of hydrogen-bond donors (Lipinski definition) is 2. The van der Waals surface area contributed by atoms with E-state index < -0.39 is 11.7 Å². The van der Waals surface area contributed by atoms with Gasteiger partial charge >= 0.3 is 5.97 Å². The number of aliphatic hydroxyl groups excluding tert-OH is 1. The highest BCUT2D eigenvalue weighted by Gasteiger charge is 2.32. The lowest BCUT2D eigenvalue weighted by atomic mass is 9.92. The van der Waals surface area contributed by atoms with Crippen LogP contribution in [0.25, 0.3) is 0 Å². The van der Waals surface area contributed by atoms with Crippen molar-refractivity contribution in [2.45, 2.75) is 149 Å². The quantitative estimate of drug-likeness (QED) is 0.173. The number of carbonyl (C=O) groups is 1. The first-order chi connectivity index (χ1) is 12.9. The van der Waals surface area contributed by atoms with E-state index in [4.69, 9.17) is 4.74 Å². The number of ether oxygens (including phenoxy) is 1. The largest absolute Gasteiger partial charge is 0.457 e. The molecule has 0 aliphatic heterocycles. The van der Waals surface area contributed by atoms with Crippen LogP contribution >= 0.6 is 0 Å². The monoisotopic (exact) mass is 401 g/mol. The molecule has 0 aromatic heterocycles. The Hall–Kier alpha value is -0.610. The first kappa shape index (κ1) is 29.6. The van der Waals surface area contributed by atoms with Crippen LogP contribution in [-0.2, 0) is 9.53 Å². The molecule has 0 aromatic rings. The second-order valence-corrected chi connectivity index (χ2v) is 8.64. The minimum absolute atomic E-state index is 0. The van der Waals surface area contributed by atoms with Gasteiger partial charge in [-0.05, 0) is 26.7 Å². The third kappa shape index (κ3) is 17.5. The molecule has 4 N–H and O–H groups in total. The van der Waals surface area contributed by atoms with E-state index in [-0.39, 0.29) is 12.1 Å². The van der Waals surface area contributed by atoms with Gasteiger partial charge in [-0.15, -0.1) is 0 Å². The molecule has 0 amide bonds. The fourth-order valence-corrected chi connectivity index (χ4v) is 3.70. The van der Waals surface area contributed by atoms with Crippen LogP contribution in [0.5, 0.6) is 0 Å². The van der Waals surface area contributed by atoms with Crippen molar-refractivity contribution in [3.63, 3.8) is 0 Å². The van der Waals surface area contributed by atoms with E-state index in [2.05, 4.69) is 6.92 Å². The smallest absolute Gasteiger partial charge is 0.303 e. The van der Waals surface area contributed by atoms with Crippen molar-refractivity contribution in [2.75, 3.05) is 0 Å². The van der Waals surface area contributed by atoms with Gasteiger partial charge < -0.3 is 16.0 Å². The number of carbonyl (C=O) groups excluding carboxylic acids is 1. The standard InChI is InChI=1S/C24H48O3.H3N/c1-5-6-7-8-9-10-11-12-13-14-15-16-17-18-19-20-21-24(4,22(2)25)27-23(3)26;/h22,25H,5-21H2,1-4H3;1H3. The van der Waals surface area contributed by atoms with Crippen LogP contribution in [0.4, 0.5) is 0 Å². The second-order valence-electron chi connectivity index (χ2n) is 8.64. The molecule has 4 heteroatoms. The van der Waals surface area contributed by atoms with Crippen molar-refractivity contribution in [3.8, 4) is 0 Å². The Labute approximate surface area is 175 Å². The van der Waals surface area contributed by atoms with E-state index >= 15 is 0 Å². The Morgan fingerprint density at radius 3 is 1.39 bits per heavy atom. The molecule has 0 aromatic carbocycles. The Morgan fingerprint density at radius 1 is 0.786 bits per heavy atom. The van der Waals surface area contributed by atoms with Gasteiger partial charge in [-0.3, -0.25) is 4.79 Å². The first-order valence-electron chi connectivity index (χ1n) is 11.8. The van der Waals surface area contributed by atoms with E-state index in [9.17, 15) is 9.90 Å². The molecule has 0 aliphatic carbocycles. The van der Waals surface area contributed by atoms with Gasteiger partial charge in [0, 0.05) is 6.92 Å². The van der Waals surface area contributed by atoms with Crippen LogP contribution in [0, 0.1) is 0 Å². The predicted molar refractivity (Wildman–Crippen MR) is 121 cm³/mol. The topological polar surface area (TPSA) is 81.5 Å². The Kier molecular flexibility index (Phi) is 20.8. The second kappa shape index (κ2) is 19.7. The fourth-order valence-electron chi connectivity index (χ4n) is 3.70. The van der Waals surface area contributed by atoms with Gasteiger partial charge in [0.15, 0.2) is 0 Å². The maximum Gasteiger partial charge on any atom is 0.303 e. The molecule has 0 fully saturated rings. The molecule has 0 radical (unpaired) electrons. The zero-order valence-corrected chi connectivity index (χ0v) is 19.6. The van der Waals surface area contributed by atoms with Crippen LogP contribution in [-0.4, -0.2) is 22.8 Å². The number of rotatable bonds is 19. The molecule has 0 saturated heterocycles. The molecular formula is C24H51NO3. The first-order valence-corrected chi connectivity index (χ1v) is 11.8. The van der Waals surface area contributed by atoms with Gasteiger partial charge in [0.2, 0.25) is 0 Å². The van der Waals surface area contributed by atoms with Gasteiger partial charge in [0.1, 0.15) is 5.60 Å². The normalized spacial score (nSPS) is 14.2. The van der Waals surface area contributed by atoms with Gasteiger partial charge in [-0.1, -0.05) is 103 Å². The van der Waals surface area contributed by atoms with Crippen molar-refractivity contribution < 1.29 is 14.6 Å². The van der Waals surface area contributed by atoms with E-state index in [0.29, 0.717) is 0 Å². The third-order valence-corrected chi connectivity index (χ3v) is 5.79. The number of unbranched alkanes of at least 4 members (excludes halogenated alkanes) is 15. The van der Waals surface area contributed by atoms with Gasteiger partial charge in [0.05, 0.1) is 6.10 Å². The molecule has 4 nitrogen and oxygen atoms in total. The summed E-state index contributed by atoms with van der Waals surface area (Å²) in [7, 11) is 0. The maximum atomic E-state index is 11.2. The summed E-state index contributed by atoms with van der Waals surface area (Å²) in [5.41, 5.74) is -0.734. The summed E-state index contributed by atoms with van der Waals surface area (Å²) < 4.78 is 5.33. The molecule has 0 aliphatic rings. The highest BCUT2D eigenvalue weighted by atomic mass is 16.6. The van der Waals surface area contributed by atoms with Crippen LogP contribution in [0.1, 0.15) is 137 Å². The Balaban J connectivity index is 0. The molecule has 170 valence electrons. The van der Waals surface area contributed by atoms with E-state index in [1.54, 1.807) is 6.92 Å². The summed E-state index contributed by atoms with van der Waals surface area (Å²) in [5, 5.41) is 9.87. The molecule has 2 atom stereocenters. The third-order valence-electron chi connectivity index (χ3n) is 5.79. The van der Waals surface area contributed by atoms with Crippen LogP contribution < -0.4 is 6.15 Å². The van der Waals surface area contributed by atoms with Gasteiger partial charge in [-0.2, -0.15) is 0 Å². The minimum atomic E-state index is -0.734. The van der Waals surface area contributed by atoms with Gasteiger partial charge in [0.25, 0.3) is 0 Å². The van der Waals surface area contributed by atoms with Crippen molar-refractivity contribution in [2.24, 2.45) is 0 Å². The summed E-state index contributed by atoms with van der Waals surface area (Å²) in [6.07, 6.45) is 21.7. The van der Waals surface area contributed by atoms with Crippen molar-refractivity contribution in [1.82, 2.24) is 6.15 Å². The predicted octanol–water partition coefficient (Wildman–Crippen LogP) is 7.50. The lowest BCUT2D eigenvalue weighted by Crippen LogP contribution is -2.41. The lowest BCUT2D eigenvalue weighted by molar-refractivity contribution is -0.167. The lowest BCUT2D eigenvalue weighted by Gasteiger charge is -2.32. The maximum absolute atomic E-state index is 11.2. The van der Waals surface area contributed by atoms with Crippen LogP contribution in [0.3, 0.4) is 0 Å². The Morgan fingerprint density at radius 2 is 1.11 bits per heavy atom. The molecule has 28 heavy (non-hydrogen) atoms. The molecule has 0 saturated carbocycles. The van der Waals surface area contributed by atoms with Crippen LogP contribution in [0.2, 0.25) is 0 Å². The fraction of sp³-hybridized carbons (Fsp3) is 0.958. The molecule has 0 bridgehead atoms. The molecular weight excluding hydrogens is 350 g/mol. The average Bonchev–Trinajstić information content (AvgIpc) is 2.60. The average molecular weight is 402 g/mol. The minimum Gasteiger partial charge on any atom is -0.457 e. The summed E-state index contributed by atoms with van der Waals surface area (Å²) >= 11 is 0. The van der Waals surface area contributed by atoms with Gasteiger partial charge in [-0.25, -0.2) is 0 Å². The van der Waals surface area contributed by atoms with Crippen molar-refractivity contribution in [1.29, 1.82) is 0 Å². The number of hydrogen-bond acceptors (Lipinski definition) is 4. The summed E-state index contributed by atoms with van der Waals surface area (Å²) in [6, 6.07) is 0. The zero-order valence-electron chi connectivity index (χ0n) is 19.6. The van der Waals surface area contributed by atoms with E-state index in [1.807, 2.05) is 6.92 Å². The van der Waals surface area contributed by atoms with E-state index in [1.165, 1.54) is 96.8 Å². The zero-order chi connectivity index (χ0) is 20.4. The van der Waals surface area contributed by atoms with E-state index in [0.717, 1.165) is 19.3 Å². The summed E-state index contributed by atoms with van der Waals surface area (Å²) in [4.78, 5) is 11.2. The van der Waals surface area contributed by atoms with Crippen molar-refractivity contribution in [3.05, 3.63) is 0 Å². The molecule has 0 spiro atoms. The van der Waals surface area contributed by atoms with Crippen LogP contribution in [0.15, 0.2) is 0 Å². The highest BCUT2D eigenvalue weighted by molar-refractivity contribution is 5.66. The number of esters is 1.